The number of aryl methyl sites for hydroxylation is 1. The van der Waals surface area contributed by atoms with Gasteiger partial charge in [0, 0.05) is 18.0 Å². The van der Waals surface area contributed by atoms with E-state index in [1.165, 1.54) is 36.7 Å². The van der Waals surface area contributed by atoms with Crippen LogP contribution in [-0.4, -0.2) is 4.98 Å². The summed E-state index contributed by atoms with van der Waals surface area (Å²) in [7, 11) is 0. The number of nitrogens with zero attached hydrogens (tertiary/aromatic N) is 1. The third-order valence-corrected chi connectivity index (χ3v) is 2.84. The molecule has 0 aliphatic heterocycles. The molecule has 0 unspecified atom stereocenters. The zero-order chi connectivity index (χ0) is 13.2. The SMILES string of the molecule is CCc1cccc(C(F)(F)c2ccncc2)c1F. The first-order valence-corrected chi connectivity index (χ1v) is 5.63. The molecule has 1 aromatic carbocycles. The molecular formula is C14H12F3N. The minimum atomic E-state index is -3.35. The second-order valence-corrected chi connectivity index (χ2v) is 3.94. The number of halogens is 3. The summed E-state index contributed by atoms with van der Waals surface area (Å²) in [5.41, 5.74) is -0.557. The molecule has 0 aliphatic carbocycles. The van der Waals surface area contributed by atoms with Crippen molar-refractivity contribution in [2.45, 2.75) is 19.3 Å². The Kier molecular flexibility index (Phi) is 3.36. The lowest BCUT2D eigenvalue weighted by molar-refractivity contribution is 0.0386. The van der Waals surface area contributed by atoms with Gasteiger partial charge in [0.05, 0.1) is 5.56 Å². The second-order valence-electron chi connectivity index (χ2n) is 3.94. The summed E-state index contributed by atoms with van der Waals surface area (Å²) in [4.78, 5) is 3.68. The van der Waals surface area contributed by atoms with E-state index in [-0.39, 0.29) is 5.56 Å². The van der Waals surface area contributed by atoms with Gasteiger partial charge in [-0.25, -0.2) is 4.39 Å². The molecule has 2 aromatic rings. The molecule has 0 spiro atoms. The number of benzene rings is 1. The molecule has 0 saturated carbocycles. The number of rotatable bonds is 3. The first-order valence-electron chi connectivity index (χ1n) is 5.63. The highest BCUT2D eigenvalue weighted by atomic mass is 19.3. The summed E-state index contributed by atoms with van der Waals surface area (Å²) in [6.07, 6.45) is 2.92. The molecule has 4 heteroatoms. The van der Waals surface area contributed by atoms with Gasteiger partial charge in [-0.3, -0.25) is 4.98 Å². The van der Waals surface area contributed by atoms with Crippen LogP contribution in [0.1, 0.15) is 23.6 Å². The monoisotopic (exact) mass is 251 g/mol. The maximum atomic E-state index is 14.2. The van der Waals surface area contributed by atoms with Gasteiger partial charge in [0.2, 0.25) is 0 Å². The van der Waals surface area contributed by atoms with E-state index in [4.69, 9.17) is 0 Å². The molecular weight excluding hydrogens is 239 g/mol. The Labute approximate surface area is 103 Å². The van der Waals surface area contributed by atoms with Crippen LogP contribution in [0.4, 0.5) is 13.2 Å². The molecule has 1 heterocycles. The van der Waals surface area contributed by atoms with Gasteiger partial charge in [-0.05, 0) is 30.2 Å². The van der Waals surface area contributed by atoms with Gasteiger partial charge >= 0.3 is 5.92 Å². The highest BCUT2D eigenvalue weighted by Crippen LogP contribution is 2.37. The lowest BCUT2D eigenvalue weighted by Gasteiger charge is -2.18. The van der Waals surface area contributed by atoms with E-state index < -0.39 is 17.3 Å². The summed E-state index contributed by atoms with van der Waals surface area (Å²) in [6, 6.07) is 6.47. The average molecular weight is 251 g/mol. The van der Waals surface area contributed by atoms with Crippen LogP contribution in [0.3, 0.4) is 0 Å². The van der Waals surface area contributed by atoms with Crippen LogP contribution in [0.2, 0.25) is 0 Å². The third kappa shape index (κ3) is 2.10. The van der Waals surface area contributed by atoms with E-state index in [1.807, 2.05) is 0 Å². The number of hydrogen-bond acceptors (Lipinski definition) is 1. The van der Waals surface area contributed by atoms with Crippen molar-refractivity contribution in [2.75, 3.05) is 0 Å². The fourth-order valence-corrected chi connectivity index (χ4v) is 1.81. The molecule has 0 amide bonds. The molecule has 0 radical (unpaired) electrons. The largest absolute Gasteiger partial charge is 0.301 e. The number of alkyl halides is 2. The summed E-state index contributed by atoms with van der Waals surface area (Å²) in [5.74, 6) is -4.18. The normalized spacial score (nSPS) is 11.6. The molecule has 0 N–H and O–H groups in total. The fraction of sp³-hybridized carbons (Fsp3) is 0.214. The van der Waals surface area contributed by atoms with Gasteiger partial charge < -0.3 is 0 Å². The zero-order valence-electron chi connectivity index (χ0n) is 9.83. The van der Waals surface area contributed by atoms with Crippen LogP contribution in [0.25, 0.3) is 0 Å². The highest BCUT2D eigenvalue weighted by Gasteiger charge is 2.37. The summed E-state index contributed by atoms with van der Waals surface area (Å²) in [5, 5.41) is 0. The van der Waals surface area contributed by atoms with Gasteiger partial charge in [-0.1, -0.05) is 19.1 Å². The first kappa shape index (κ1) is 12.6. The minimum Gasteiger partial charge on any atom is -0.265 e. The maximum Gasteiger partial charge on any atom is 0.301 e. The maximum absolute atomic E-state index is 14.2. The van der Waals surface area contributed by atoms with Crippen molar-refractivity contribution in [1.29, 1.82) is 0 Å². The van der Waals surface area contributed by atoms with Crippen molar-refractivity contribution in [3.63, 3.8) is 0 Å². The van der Waals surface area contributed by atoms with Crippen LogP contribution in [0.15, 0.2) is 42.7 Å². The van der Waals surface area contributed by atoms with Crippen LogP contribution >= 0.6 is 0 Å². The van der Waals surface area contributed by atoms with Crippen LogP contribution in [-0.2, 0) is 12.3 Å². The lowest BCUT2D eigenvalue weighted by Crippen LogP contribution is -2.18. The van der Waals surface area contributed by atoms with E-state index in [0.29, 0.717) is 12.0 Å². The van der Waals surface area contributed by atoms with E-state index in [0.717, 1.165) is 6.07 Å². The molecule has 0 fully saturated rings. The molecule has 2 rings (SSSR count). The van der Waals surface area contributed by atoms with E-state index in [1.54, 1.807) is 6.92 Å². The third-order valence-electron chi connectivity index (χ3n) is 2.84. The number of pyridine rings is 1. The lowest BCUT2D eigenvalue weighted by atomic mass is 9.98. The molecule has 1 nitrogen and oxygen atoms in total. The molecule has 18 heavy (non-hydrogen) atoms. The van der Waals surface area contributed by atoms with E-state index in [2.05, 4.69) is 4.98 Å². The molecule has 0 saturated heterocycles. The quantitative estimate of drug-likeness (QED) is 0.805. The Morgan fingerprint density at radius 3 is 2.39 bits per heavy atom. The standard InChI is InChI=1S/C14H12F3N/c1-2-10-4-3-5-12(13(10)15)14(16,17)11-6-8-18-9-7-11/h3-9H,2H2,1H3. The minimum absolute atomic E-state index is 0.260. The zero-order valence-corrected chi connectivity index (χ0v) is 9.83. The highest BCUT2D eigenvalue weighted by molar-refractivity contribution is 5.36. The predicted octanol–water partition coefficient (Wildman–Crippen LogP) is 3.92. The molecule has 94 valence electrons. The fourth-order valence-electron chi connectivity index (χ4n) is 1.81. The van der Waals surface area contributed by atoms with Gasteiger partial charge in [0.1, 0.15) is 5.82 Å². The van der Waals surface area contributed by atoms with Gasteiger partial charge in [-0.15, -0.1) is 0 Å². The van der Waals surface area contributed by atoms with Crippen LogP contribution in [0, 0.1) is 5.82 Å². The van der Waals surface area contributed by atoms with Crippen molar-refractivity contribution in [2.24, 2.45) is 0 Å². The van der Waals surface area contributed by atoms with Gasteiger partial charge in [0.15, 0.2) is 0 Å². The summed E-state index contributed by atoms with van der Waals surface area (Å²) >= 11 is 0. The number of aromatic nitrogens is 1. The van der Waals surface area contributed by atoms with Gasteiger partial charge in [-0.2, -0.15) is 8.78 Å². The first-order chi connectivity index (χ1) is 8.57. The van der Waals surface area contributed by atoms with Crippen molar-refractivity contribution in [3.05, 3.63) is 65.2 Å². The molecule has 1 aromatic heterocycles. The Morgan fingerprint density at radius 2 is 1.78 bits per heavy atom. The Balaban J connectivity index is 2.54. The smallest absolute Gasteiger partial charge is 0.265 e. The van der Waals surface area contributed by atoms with E-state index in [9.17, 15) is 13.2 Å². The summed E-state index contributed by atoms with van der Waals surface area (Å²) in [6.45, 7) is 1.73. The average Bonchev–Trinajstić information content (AvgIpc) is 2.40. The molecule has 0 aliphatic rings. The van der Waals surface area contributed by atoms with E-state index >= 15 is 0 Å². The Bertz CT molecular complexity index is 538. The van der Waals surface area contributed by atoms with Crippen molar-refractivity contribution >= 4 is 0 Å². The topological polar surface area (TPSA) is 12.9 Å². The summed E-state index contributed by atoms with van der Waals surface area (Å²) < 4.78 is 42.4. The predicted molar refractivity (Wildman–Crippen MR) is 63.0 cm³/mol. The second kappa shape index (κ2) is 4.80. The Hall–Kier alpha value is -1.84. The van der Waals surface area contributed by atoms with Crippen molar-refractivity contribution < 1.29 is 13.2 Å². The Morgan fingerprint density at radius 1 is 1.11 bits per heavy atom. The molecule has 0 bridgehead atoms. The van der Waals surface area contributed by atoms with Gasteiger partial charge in [0.25, 0.3) is 0 Å². The van der Waals surface area contributed by atoms with Crippen molar-refractivity contribution in [3.8, 4) is 0 Å². The van der Waals surface area contributed by atoms with Crippen molar-refractivity contribution in [1.82, 2.24) is 4.98 Å². The van der Waals surface area contributed by atoms with Crippen LogP contribution < -0.4 is 0 Å². The van der Waals surface area contributed by atoms with Crippen LogP contribution in [0.5, 0.6) is 0 Å². The number of hydrogen-bond donors (Lipinski definition) is 0. The molecule has 0 atom stereocenters.